The molecular weight excluding hydrogens is 380 g/mol. The molecule has 4 saturated carbocycles. The van der Waals surface area contributed by atoms with Crippen LogP contribution in [0, 0.1) is 17.8 Å². The highest BCUT2D eigenvalue weighted by atomic mass is 16.2. The van der Waals surface area contributed by atoms with Crippen molar-refractivity contribution in [3.63, 3.8) is 0 Å². The van der Waals surface area contributed by atoms with Crippen molar-refractivity contribution in [3.8, 4) is 0 Å². The van der Waals surface area contributed by atoms with Crippen molar-refractivity contribution in [2.75, 3.05) is 5.32 Å². The van der Waals surface area contributed by atoms with Crippen LogP contribution in [-0.4, -0.2) is 29.0 Å². The van der Waals surface area contributed by atoms with Gasteiger partial charge in [-0.1, -0.05) is 0 Å². The Morgan fingerprint density at radius 1 is 0.967 bits per heavy atom. The van der Waals surface area contributed by atoms with Crippen LogP contribution in [0.15, 0.2) is 29.4 Å². The van der Waals surface area contributed by atoms with Crippen molar-refractivity contribution < 1.29 is 14.4 Å². The fourth-order valence-corrected chi connectivity index (χ4v) is 5.99. The number of nitrogens with zero attached hydrogens (tertiary/aromatic N) is 1. The van der Waals surface area contributed by atoms with Gasteiger partial charge in [-0.15, -0.1) is 0 Å². The number of rotatable bonds is 6. The van der Waals surface area contributed by atoms with E-state index in [1.807, 2.05) is 0 Å². The molecule has 3 amide bonds. The number of hydrogen-bond acceptors (Lipinski definition) is 4. The number of hydrogen-bond donors (Lipinski definition) is 3. The summed E-state index contributed by atoms with van der Waals surface area (Å²) in [5.41, 5.74) is 4.12. The first kappa shape index (κ1) is 20.6. The first-order valence-corrected chi connectivity index (χ1v) is 10.8. The number of nitrogens with one attached hydrogen (secondary N) is 3. The maximum atomic E-state index is 12.6. The van der Waals surface area contributed by atoms with Crippen molar-refractivity contribution in [1.29, 1.82) is 0 Å². The van der Waals surface area contributed by atoms with E-state index in [-0.39, 0.29) is 29.7 Å². The summed E-state index contributed by atoms with van der Waals surface area (Å²) >= 11 is 0. The number of hydrazone groups is 1. The lowest BCUT2D eigenvalue weighted by atomic mass is 9.53. The van der Waals surface area contributed by atoms with Gasteiger partial charge in [0.15, 0.2) is 0 Å². The summed E-state index contributed by atoms with van der Waals surface area (Å²) in [5.74, 6) is 1.81. The van der Waals surface area contributed by atoms with E-state index in [1.165, 1.54) is 26.2 Å². The largest absolute Gasteiger partial charge is 0.350 e. The Morgan fingerprint density at radius 3 is 2.07 bits per heavy atom. The van der Waals surface area contributed by atoms with Crippen LogP contribution in [0.1, 0.15) is 69.2 Å². The van der Waals surface area contributed by atoms with Crippen LogP contribution < -0.4 is 16.1 Å². The van der Waals surface area contributed by atoms with Gasteiger partial charge >= 0.3 is 0 Å². The first-order valence-electron chi connectivity index (χ1n) is 10.8. The third-order valence-corrected chi connectivity index (χ3v) is 6.67. The second kappa shape index (κ2) is 8.20. The molecule has 0 unspecified atom stereocenters. The van der Waals surface area contributed by atoms with Crippen molar-refractivity contribution in [2.45, 2.75) is 64.3 Å². The van der Waals surface area contributed by atoms with Gasteiger partial charge in [-0.3, -0.25) is 14.4 Å². The van der Waals surface area contributed by atoms with Crippen LogP contribution >= 0.6 is 0 Å². The monoisotopic (exact) mass is 410 g/mol. The van der Waals surface area contributed by atoms with Crippen molar-refractivity contribution in [3.05, 3.63) is 29.8 Å². The van der Waals surface area contributed by atoms with Crippen LogP contribution in [0.3, 0.4) is 0 Å². The molecule has 3 N–H and O–H groups in total. The maximum absolute atomic E-state index is 12.6. The van der Waals surface area contributed by atoms with E-state index in [1.54, 1.807) is 31.2 Å². The Labute approximate surface area is 177 Å². The van der Waals surface area contributed by atoms with E-state index in [0.717, 1.165) is 37.0 Å². The zero-order chi connectivity index (χ0) is 21.3. The minimum absolute atomic E-state index is 0.00731. The second-order valence-corrected chi connectivity index (χ2v) is 9.47. The molecule has 30 heavy (non-hydrogen) atoms. The van der Waals surface area contributed by atoms with E-state index in [4.69, 9.17) is 0 Å². The third-order valence-electron chi connectivity index (χ3n) is 6.67. The summed E-state index contributed by atoms with van der Waals surface area (Å²) in [6.07, 6.45) is 7.56. The van der Waals surface area contributed by atoms with Gasteiger partial charge < -0.3 is 10.6 Å². The molecule has 4 bridgehead atoms. The topological polar surface area (TPSA) is 99.7 Å². The Kier molecular flexibility index (Phi) is 5.62. The molecule has 160 valence electrons. The predicted molar refractivity (Wildman–Crippen MR) is 115 cm³/mol. The predicted octanol–water partition coefficient (Wildman–Crippen LogP) is 3.23. The number of carbonyl (C=O) groups is 3. The quantitative estimate of drug-likeness (QED) is 0.496. The highest BCUT2D eigenvalue weighted by Gasteiger charge is 2.51. The molecule has 1 aromatic rings. The SMILES string of the molecule is CC(=O)Nc1ccc(C(=O)N/N=C(/C)CC(=O)NC23CC4CC(CC(C4)C2)C3)cc1. The van der Waals surface area contributed by atoms with Gasteiger partial charge in [0, 0.05) is 29.4 Å². The van der Waals surface area contributed by atoms with E-state index in [0.29, 0.717) is 17.0 Å². The molecule has 0 heterocycles. The molecule has 0 radical (unpaired) electrons. The summed E-state index contributed by atoms with van der Waals surface area (Å²) in [7, 11) is 0. The lowest BCUT2D eigenvalue weighted by molar-refractivity contribution is -0.125. The smallest absolute Gasteiger partial charge is 0.271 e. The molecular formula is C23H30N4O3. The van der Waals surface area contributed by atoms with Crippen LogP contribution in [0.2, 0.25) is 0 Å². The molecule has 4 fully saturated rings. The zero-order valence-corrected chi connectivity index (χ0v) is 17.7. The minimum atomic E-state index is -0.356. The van der Waals surface area contributed by atoms with Crippen molar-refractivity contribution in [2.24, 2.45) is 22.9 Å². The Balaban J connectivity index is 1.28. The van der Waals surface area contributed by atoms with E-state index >= 15 is 0 Å². The van der Waals surface area contributed by atoms with Crippen molar-refractivity contribution >= 4 is 29.1 Å². The van der Waals surface area contributed by atoms with Gasteiger partial charge in [0.1, 0.15) is 0 Å². The van der Waals surface area contributed by atoms with Crippen LogP contribution in [0.25, 0.3) is 0 Å². The average Bonchev–Trinajstić information content (AvgIpc) is 2.64. The molecule has 5 rings (SSSR count). The second-order valence-electron chi connectivity index (χ2n) is 9.47. The zero-order valence-electron chi connectivity index (χ0n) is 17.7. The van der Waals surface area contributed by atoms with E-state index < -0.39 is 0 Å². The van der Waals surface area contributed by atoms with E-state index in [2.05, 4.69) is 21.2 Å². The molecule has 0 spiro atoms. The van der Waals surface area contributed by atoms with Gasteiger partial charge in [0.25, 0.3) is 5.91 Å². The fourth-order valence-electron chi connectivity index (χ4n) is 5.99. The Hall–Kier alpha value is -2.70. The van der Waals surface area contributed by atoms with Crippen LogP contribution in [0.4, 0.5) is 5.69 Å². The van der Waals surface area contributed by atoms with Gasteiger partial charge in [-0.05, 0) is 87.5 Å². The fraction of sp³-hybridized carbons (Fsp3) is 0.565. The highest BCUT2D eigenvalue weighted by Crippen LogP contribution is 2.55. The molecule has 7 heteroatoms. The highest BCUT2D eigenvalue weighted by molar-refractivity contribution is 6.01. The molecule has 4 aliphatic carbocycles. The Bertz CT molecular complexity index is 840. The van der Waals surface area contributed by atoms with Crippen LogP contribution in [0.5, 0.6) is 0 Å². The summed E-state index contributed by atoms with van der Waals surface area (Å²) < 4.78 is 0. The van der Waals surface area contributed by atoms with Gasteiger partial charge in [0.05, 0.1) is 6.42 Å². The van der Waals surface area contributed by atoms with Gasteiger partial charge in [0.2, 0.25) is 11.8 Å². The number of benzene rings is 1. The summed E-state index contributed by atoms with van der Waals surface area (Å²) in [6, 6.07) is 6.55. The normalized spacial score (nSPS) is 29.4. The molecule has 0 atom stereocenters. The first-order chi connectivity index (χ1) is 14.3. The average molecular weight is 411 g/mol. The summed E-state index contributed by atoms with van der Waals surface area (Å²) in [5, 5.41) is 10.1. The lowest BCUT2D eigenvalue weighted by Crippen LogP contribution is -2.60. The summed E-state index contributed by atoms with van der Waals surface area (Å²) in [6.45, 7) is 3.18. The molecule has 7 nitrogen and oxygen atoms in total. The maximum Gasteiger partial charge on any atom is 0.271 e. The molecule has 0 aromatic heterocycles. The standard InChI is InChI=1S/C23H30N4O3/c1-14(26-27-22(30)19-3-5-20(6-4-19)24-15(2)28)7-21(29)25-23-11-16-8-17(12-23)10-18(9-16)13-23/h3-6,16-18H,7-13H2,1-2H3,(H,24,28)(H,25,29)(H,27,30)/b26-14-. The molecule has 1 aromatic carbocycles. The minimum Gasteiger partial charge on any atom is -0.350 e. The van der Waals surface area contributed by atoms with E-state index in [9.17, 15) is 14.4 Å². The lowest BCUT2D eigenvalue weighted by Gasteiger charge is -2.56. The van der Waals surface area contributed by atoms with Crippen LogP contribution in [-0.2, 0) is 9.59 Å². The third kappa shape index (κ3) is 4.71. The van der Waals surface area contributed by atoms with Gasteiger partial charge in [-0.25, -0.2) is 5.43 Å². The molecule has 4 aliphatic rings. The molecule has 0 saturated heterocycles. The van der Waals surface area contributed by atoms with Crippen molar-refractivity contribution in [1.82, 2.24) is 10.7 Å². The number of amides is 3. The Morgan fingerprint density at radius 2 is 1.53 bits per heavy atom. The number of carbonyl (C=O) groups excluding carboxylic acids is 3. The number of anilines is 1. The van der Waals surface area contributed by atoms with Gasteiger partial charge in [-0.2, -0.15) is 5.10 Å². The summed E-state index contributed by atoms with van der Waals surface area (Å²) in [4.78, 5) is 36.0. The molecule has 0 aliphatic heterocycles.